The van der Waals surface area contributed by atoms with Crippen LogP contribution in [0.3, 0.4) is 0 Å². The Morgan fingerprint density at radius 2 is 1.53 bits per heavy atom. The minimum Gasteiger partial charge on any atom is -0.460 e. The summed E-state index contributed by atoms with van der Waals surface area (Å²) >= 11 is 0. The van der Waals surface area contributed by atoms with E-state index in [1.165, 1.54) is 12.0 Å². The number of hydrogen-bond donors (Lipinski definition) is 2. The first-order valence-corrected chi connectivity index (χ1v) is 24.3. The summed E-state index contributed by atoms with van der Waals surface area (Å²) in [4.78, 5) is 72.0. The van der Waals surface area contributed by atoms with Gasteiger partial charge in [-0.1, -0.05) is 71.1 Å². The van der Waals surface area contributed by atoms with Crippen molar-refractivity contribution >= 4 is 29.2 Å². The molecule has 4 rings (SSSR count). The molecule has 0 aromatic carbocycles. The lowest BCUT2D eigenvalue weighted by Gasteiger charge is -2.42. The fraction of sp³-hybridized carbons (Fsp3) is 0.750. The predicted octanol–water partition coefficient (Wildman–Crippen LogP) is 6.83. The van der Waals surface area contributed by atoms with Crippen molar-refractivity contribution in [3.63, 3.8) is 0 Å². The van der Waals surface area contributed by atoms with Crippen LogP contribution in [0.25, 0.3) is 0 Å². The lowest BCUT2D eigenvalue weighted by Crippen LogP contribution is -2.61. The van der Waals surface area contributed by atoms with Gasteiger partial charge in [-0.15, -0.1) is 0 Å². The third-order valence-electron chi connectivity index (χ3n) is 14.8. The summed E-state index contributed by atoms with van der Waals surface area (Å²) in [6.07, 6.45) is 12.7. The van der Waals surface area contributed by atoms with Crippen molar-refractivity contribution < 1.29 is 62.6 Å². The number of piperidine rings is 1. The van der Waals surface area contributed by atoms with Crippen LogP contribution in [0, 0.1) is 35.5 Å². The van der Waals surface area contributed by atoms with Gasteiger partial charge in [-0.25, -0.2) is 4.79 Å². The molecule has 0 aromatic rings. The molecule has 3 heterocycles. The smallest absolute Gasteiger partial charge is 0.329 e. The molecule has 1 saturated carbocycles. The van der Waals surface area contributed by atoms with E-state index in [2.05, 4.69) is 0 Å². The third-order valence-corrected chi connectivity index (χ3v) is 14.8. The Labute approximate surface area is 393 Å². The molecule has 0 aromatic heterocycles. The molecular weight excluding hydrogens is 847 g/mol. The summed E-state index contributed by atoms with van der Waals surface area (Å²) in [7, 11) is 6.31. The first kappa shape index (κ1) is 55.2. The van der Waals surface area contributed by atoms with Crippen LogP contribution in [-0.2, 0) is 52.4 Å². The number of aliphatic hydroxyl groups is 2. The molecule has 3 aliphatic heterocycles. The van der Waals surface area contributed by atoms with Gasteiger partial charge in [-0.2, -0.15) is 0 Å². The normalized spacial score (nSPS) is 40.0. The van der Waals surface area contributed by atoms with E-state index < -0.39 is 77.8 Å². The maximum atomic E-state index is 14.4. The largest absolute Gasteiger partial charge is 0.460 e. The molecule has 14 nitrogen and oxygen atoms in total. The number of Topliss-reactive ketones (excluding diaryl/α,β-unsaturated/α-hetero) is 3. The maximum absolute atomic E-state index is 14.4. The molecule has 372 valence electrons. The quantitative estimate of drug-likeness (QED) is 0.154. The number of esters is 1. The van der Waals surface area contributed by atoms with E-state index in [9.17, 15) is 34.2 Å². The number of carbonyl (C=O) groups is 5. The van der Waals surface area contributed by atoms with Crippen LogP contribution in [0.2, 0.25) is 0 Å². The van der Waals surface area contributed by atoms with Gasteiger partial charge in [0.05, 0.1) is 24.4 Å². The van der Waals surface area contributed by atoms with Crippen LogP contribution < -0.4 is 0 Å². The second-order valence-corrected chi connectivity index (χ2v) is 19.8. The minimum atomic E-state index is -2.42. The monoisotopic (exact) mass is 928 g/mol. The summed E-state index contributed by atoms with van der Waals surface area (Å²) in [5, 5.41) is 23.4. The first-order valence-electron chi connectivity index (χ1n) is 24.3. The highest BCUT2D eigenvalue weighted by Gasteiger charge is 2.53. The average Bonchev–Trinajstić information content (AvgIpc) is 3.30. The summed E-state index contributed by atoms with van der Waals surface area (Å²) in [6.45, 7) is 12.8. The number of fused-ring (bicyclic) bond motifs is 3. The molecule has 2 bridgehead atoms. The maximum Gasteiger partial charge on any atom is 0.329 e. The van der Waals surface area contributed by atoms with Gasteiger partial charge in [-0.05, 0) is 107 Å². The Hall–Kier alpha value is -3.37. The molecule has 14 heteroatoms. The van der Waals surface area contributed by atoms with Gasteiger partial charge in [0.25, 0.3) is 11.7 Å². The summed E-state index contributed by atoms with van der Waals surface area (Å²) in [6, 6.07) is -1.12. The van der Waals surface area contributed by atoms with Gasteiger partial charge in [-0.3, -0.25) is 19.2 Å². The predicted molar refractivity (Wildman–Crippen MR) is 250 cm³/mol. The number of carbonyl (C=O) groups excluding carboxylic acids is 5. The molecular formula is C52H81NO13. The van der Waals surface area contributed by atoms with E-state index in [1.54, 1.807) is 48.2 Å². The van der Waals surface area contributed by atoms with E-state index in [4.69, 9.17) is 28.4 Å². The number of amides is 1. The van der Waals surface area contributed by atoms with Gasteiger partial charge in [0, 0.05) is 65.6 Å². The van der Waals surface area contributed by atoms with Crippen molar-refractivity contribution in [2.24, 2.45) is 35.5 Å². The van der Waals surface area contributed by atoms with Crippen LogP contribution in [0.4, 0.5) is 0 Å². The number of ketones is 3. The third kappa shape index (κ3) is 14.3. The van der Waals surface area contributed by atoms with E-state index >= 15 is 0 Å². The standard InChI is InChI=1S/C52H81NO13/c1-31-17-13-12-14-18-32(2)43(62-9)29-39-22-20-37(7)52(60,66-39)49(57)50(58)53-24-16-15-19-40(53)51(59)65-44(34(4)27-38-21-23-42(61-8)45(28-38)63-10)30-41(54)33(3)26-36(6)47(56)48(64-11)46(55)35(5)25-31/h12-14,17-18,26,31,33-35,37-40,42-45,47-48,56,60H,15-16,19-25,27-30H2,1-11H3/b14-12+,17-13+,32-18+,36-26+. The zero-order valence-corrected chi connectivity index (χ0v) is 41.6. The van der Waals surface area contributed by atoms with Gasteiger partial charge < -0.3 is 43.5 Å². The highest BCUT2D eigenvalue weighted by Crippen LogP contribution is 2.38. The van der Waals surface area contributed by atoms with E-state index in [0.717, 1.165) is 24.8 Å². The molecule has 2 N–H and O–H groups in total. The zero-order valence-electron chi connectivity index (χ0n) is 41.6. The number of aliphatic hydroxyl groups excluding tert-OH is 1. The molecule has 0 radical (unpaired) electrons. The molecule has 66 heavy (non-hydrogen) atoms. The van der Waals surface area contributed by atoms with Gasteiger partial charge in [0.15, 0.2) is 5.78 Å². The van der Waals surface area contributed by atoms with Crippen LogP contribution in [0.5, 0.6) is 0 Å². The Bertz CT molecular complexity index is 1770. The van der Waals surface area contributed by atoms with Crippen molar-refractivity contribution in [3.8, 4) is 0 Å². The topological polar surface area (TPSA) is 184 Å². The number of cyclic esters (lactones) is 1. The van der Waals surface area contributed by atoms with Crippen LogP contribution in [-0.4, -0.2) is 134 Å². The molecule has 2 saturated heterocycles. The molecule has 4 aliphatic rings. The van der Waals surface area contributed by atoms with Gasteiger partial charge >= 0.3 is 5.97 Å². The van der Waals surface area contributed by atoms with Crippen LogP contribution >= 0.6 is 0 Å². The minimum absolute atomic E-state index is 0.0246. The number of ether oxygens (including phenoxy) is 6. The van der Waals surface area contributed by atoms with Crippen molar-refractivity contribution in [1.29, 1.82) is 0 Å². The first-order chi connectivity index (χ1) is 31.3. The fourth-order valence-corrected chi connectivity index (χ4v) is 10.4. The van der Waals surface area contributed by atoms with Crippen molar-refractivity contribution in [2.45, 2.75) is 180 Å². The Morgan fingerprint density at radius 1 is 0.818 bits per heavy atom. The molecule has 0 spiro atoms. The van der Waals surface area contributed by atoms with Crippen LogP contribution in [0.1, 0.15) is 126 Å². The van der Waals surface area contributed by atoms with Crippen LogP contribution in [0.15, 0.2) is 47.6 Å². The van der Waals surface area contributed by atoms with Gasteiger partial charge in [0.1, 0.15) is 30.1 Å². The number of hydrogen-bond acceptors (Lipinski definition) is 13. The van der Waals surface area contributed by atoms with Gasteiger partial charge in [0.2, 0.25) is 5.79 Å². The Morgan fingerprint density at radius 3 is 2.20 bits per heavy atom. The highest BCUT2D eigenvalue weighted by atomic mass is 16.6. The molecule has 1 aliphatic carbocycles. The number of rotatable bonds is 7. The van der Waals surface area contributed by atoms with Crippen molar-refractivity contribution in [2.75, 3.05) is 35.0 Å². The average molecular weight is 928 g/mol. The Kier molecular flexibility index (Phi) is 21.6. The zero-order chi connectivity index (χ0) is 48.9. The fourth-order valence-electron chi connectivity index (χ4n) is 10.4. The lowest BCUT2D eigenvalue weighted by atomic mass is 9.78. The lowest BCUT2D eigenvalue weighted by molar-refractivity contribution is -0.265. The molecule has 3 fully saturated rings. The number of nitrogens with zero attached hydrogens (tertiary/aromatic N) is 1. The SMILES string of the molecule is COC1CC2CCC(C)C(O)(O2)C(=O)C(=O)N2CCCCC2C(=O)OC(C(C)CC2CCC(OC)C(OC)C2)CC(=O)C(C)/C=C(\C)C(O)C(OC)C(=O)C(C)CC(C)/C=C/C=C/C=C/1C. The van der Waals surface area contributed by atoms with E-state index in [0.29, 0.717) is 50.5 Å². The second-order valence-electron chi connectivity index (χ2n) is 19.8. The number of methoxy groups -OCH3 is 4. The van der Waals surface area contributed by atoms with E-state index in [-0.39, 0.29) is 60.9 Å². The van der Waals surface area contributed by atoms with Crippen molar-refractivity contribution in [1.82, 2.24) is 4.90 Å². The molecule has 15 atom stereocenters. The number of allylic oxidation sites excluding steroid dienone is 6. The highest BCUT2D eigenvalue weighted by molar-refractivity contribution is 6.39. The Balaban J connectivity index is 1.70. The molecule has 15 unspecified atom stereocenters. The summed E-state index contributed by atoms with van der Waals surface area (Å²) in [5.74, 6) is -7.72. The summed E-state index contributed by atoms with van der Waals surface area (Å²) < 4.78 is 35.3. The second kappa shape index (κ2) is 25.8. The molecule has 1 amide bonds. The summed E-state index contributed by atoms with van der Waals surface area (Å²) in [5.41, 5.74) is 1.29. The van der Waals surface area contributed by atoms with Crippen molar-refractivity contribution in [3.05, 3.63) is 47.6 Å². The van der Waals surface area contributed by atoms with E-state index in [1.807, 2.05) is 58.1 Å².